The van der Waals surface area contributed by atoms with Crippen molar-refractivity contribution >= 4 is 23.4 Å². The highest BCUT2D eigenvalue weighted by Gasteiger charge is 2.53. The molecule has 1 aromatic rings. The predicted octanol–water partition coefficient (Wildman–Crippen LogP) is 3.23. The molecule has 3 nitrogen and oxygen atoms in total. The Bertz CT molecular complexity index is 621. The maximum absolute atomic E-state index is 12.8. The van der Waals surface area contributed by atoms with Gasteiger partial charge in [0.25, 0.3) is 0 Å². The second kappa shape index (κ2) is 4.68. The van der Waals surface area contributed by atoms with Crippen LogP contribution < -0.4 is 4.90 Å². The standard InChI is InChI=1S/C16H16N2OS/c1-3-11-8-16(9-12(11)10-17)15(19)18(2)13-6-4-5-7-14(13)20-16/h3-7,11-12H,1,8-9H2,2H3. The Balaban J connectivity index is 2.03. The van der Waals surface area contributed by atoms with Crippen molar-refractivity contribution in [2.75, 3.05) is 11.9 Å². The predicted molar refractivity (Wildman–Crippen MR) is 80.5 cm³/mol. The molecule has 1 spiro atoms. The van der Waals surface area contributed by atoms with Crippen molar-refractivity contribution in [3.63, 3.8) is 0 Å². The van der Waals surface area contributed by atoms with Crippen LogP contribution in [0.2, 0.25) is 0 Å². The first-order chi connectivity index (χ1) is 9.61. The van der Waals surface area contributed by atoms with Gasteiger partial charge in [-0.2, -0.15) is 5.26 Å². The van der Waals surface area contributed by atoms with Crippen LogP contribution in [0.3, 0.4) is 0 Å². The molecule has 0 radical (unpaired) electrons. The summed E-state index contributed by atoms with van der Waals surface area (Å²) in [5, 5.41) is 9.30. The highest BCUT2D eigenvalue weighted by atomic mass is 32.2. The topological polar surface area (TPSA) is 44.1 Å². The van der Waals surface area contributed by atoms with E-state index < -0.39 is 4.75 Å². The van der Waals surface area contributed by atoms with Crippen molar-refractivity contribution in [2.45, 2.75) is 22.5 Å². The third-order valence-corrected chi connectivity index (χ3v) is 5.79. The van der Waals surface area contributed by atoms with E-state index in [9.17, 15) is 10.1 Å². The Labute approximate surface area is 123 Å². The normalized spacial score (nSPS) is 32.0. The van der Waals surface area contributed by atoms with Gasteiger partial charge >= 0.3 is 0 Å². The lowest BCUT2D eigenvalue weighted by atomic mass is 9.98. The molecule has 3 rings (SSSR count). The highest BCUT2D eigenvalue weighted by molar-refractivity contribution is 8.01. The van der Waals surface area contributed by atoms with E-state index in [0.717, 1.165) is 10.6 Å². The van der Waals surface area contributed by atoms with E-state index in [1.807, 2.05) is 37.4 Å². The fourth-order valence-corrected chi connectivity index (χ4v) is 4.89. The summed E-state index contributed by atoms with van der Waals surface area (Å²) >= 11 is 1.63. The van der Waals surface area contributed by atoms with Gasteiger partial charge in [-0.1, -0.05) is 18.2 Å². The number of hydrogen-bond acceptors (Lipinski definition) is 3. The van der Waals surface area contributed by atoms with Crippen LogP contribution in [0.25, 0.3) is 0 Å². The number of anilines is 1. The quantitative estimate of drug-likeness (QED) is 0.744. The van der Waals surface area contributed by atoms with Gasteiger partial charge in [-0.3, -0.25) is 4.79 Å². The maximum atomic E-state index is 12.8. The molecular formula is C16H16N2OS. The number of amides is 1. The molecule has 1 amide bonds. The number of benzene rings is 1. The summed E-state index contributed by atoms with van der Waals surface area (Å²) in [6.07, 6.45) is 3.15. The van der Waals surface area contributed by atoms with E-state index >= 15 is 0 Å². The Morgan fingerprint density at radius 2 is 2.25 bits per heavy atom. The molecule has 0 bridgehead atoms. The van der Waals surface area contributed by atoms with Crippen LogP contribution in [0.4, 0.5) is 5.69 Å². The summed E-state index contributed by atoms with van der Waals surface area (Å²) in [7, 11) is 1.82. The first kappa shape index (κ1) is 13.3. The molecule has 4 heteroatoms. The van der Waals surface area contributed by atoms with Crippen molar-refractivity contribution in [1.82, 2.24) is 0 Å². The third-order valence-electron chi connectivity index (χ3n) is 4.33. The number of para-hydroxylation sites is 1. The van der Waals surface area contributed by atoms with Crippen LogP contribution in [-0.4, -0.2) is 17.7 Å². The van der Waals surface area contributed by atoms with Crippen LogP contribution in [0.5, 0.6) is 0 Å². The van der Waals surface area contributed by atoms with E-state index in [1.165, 1.54) is 0 Å². The van der Waals surface area contributed by atoms with Crippen LogP contribution in [0.1, 0.15) is 12.8 Å². The summed E-state index contributed by atoms with van der Waals surface area (Å²) in [5.74, 6) is 0.114. The molecule has 3 atom stereocenters. The molecule has 2 aliphatic rings. The smallest absolute Gasteiger partial charge is 0.243 e. The van der Waals surface area contributed by atoms with E-state index in [-0.39, 0.29) is 17.7 Å². The number of hydrogen-bond donors (Lipinski definition) is 0. The van der Waals surface area contributed by atoms with E-state index in [1.54, 1.807) is 16.7 Å². The fourth-order valence-electron chi connectivity index (χ4n) is 3.25. The van der Waals surface area contributed by atoms with E-state index in [2.05, 4.69) is 12.6 Å². The largest absolute Gasteiger partial charge is 0.313 e. The van der Waals surface area contributed by atoms with Crippen LogP contribution in [0.15, 0.2) is 41.8 Å². The molecule has 1 aliphatic carbocycles. The maximum Gasteiger partial charge on any atom is 0.243 e. The Hall–Kier alpha value is -1.73. The second-order valence-electron chi connectivity index (χ2n) is 5.47. The number of nitriles is 1. The Morgan fingerprint density at radius 3 is 2.90 bits per heavy atom. The molecule has 0 N–H and O–H groups in total. The Kier molecular flexibility index (Phi) is 3.10. The van der Waals surface area contributed by atoms with E-state index in [4.69, 9.17) is 0 Å². The first-order valence-electron chi connectivity index (χ1n) is 6.69. The number of thioether (sulfide) groups is 1. The SMILES string of the molecule is C=CC1CC2(CC1C#N)Sc1ccccc1N(C)C2=O. The average molecular weight is 284 g/mol. The minimum Gasteiger partial charge on any atom is -0.313 e. The first-order valence-corrected chi connectivity index (χ1v) is 7.51. The van der Waals surface area contributed by atoms with Crippen molar-refractivity contribution in [2.24, 2.45) is 11.8 Å². The summed E-state index contributed by atoms with van der Waals surface area (Å²) in [6.45, 7) is 3.82. The van der Waals surface area contributed by atoms with Gasteiger partial charge in [-0.15, -0.1) is 18.3 Å². The van der Waals surface area contributed by atoms with Gasteiger partial charge in [0.1, 0.15) is 4.75 Å². The number of carbonyl (C=O) groups excluding carboxylic acids is 1. The number of nitrogens with zero attached hydrogens (tertiary/aromatic N) is 2. The summed E-state index contributed by atoms with van der Waals surface area (Å²) in [6, 6.07) is 10.3. The molecule has 0 saturated heterocycles. The van der Waals surface area contributed by atoms with Crippen LogP contribution in [-0.2, 0) is 4.79 Å². The molecule has 1 aromatic carbocycles. The molecule has 1 fully saturated rings. The number of carbonyl (C=O) groups is 1. The van der Waals surface area contributed by atoms with Gasteiger partial charge < -0.3 is 4.90 Å². The summed E-state index contributed by atoms with van der Waals surface area (Å²) < 4.78 is -0.498. The molecular weight excluding hydrogens is 268 g/mol. The number of rotatable bonds is 1. The molecule has 1 aliphatic heterocycles. The van der Waals surface area contributed by atoms with Crippen molar-refractivity contribution in [3.05, 3.63) is 36.9 Å². The van der Waals surface area contributed by atoms with Crippen LogP contribution in [0, 0.1) is 23.2 Å². The van der Waals surface area contributed by atoms with Crippen LogP contribution >= 0.6 is 11.8 Å². The average Bonchev–Trinajstić information content (AvgIpc) is 2.84. The van der Waals surface area contributed by atoms with Gasteiger partial charge in [0.05, 0.1) is 17.7 Å². The third kappa shape index (κ3) is 1.77. The van der Waals surface area contributed by atoms with Gasteiger partial charge in [0.15, 0.2) is 0 Å². The molecule has 3 unspecified atom stereocenters. The van der Waals surface area contributed by atoms with Crippen molar-refractivity contribution in [3.8, 4) is 6.07 Å². The zero-order chi connectivity index (χ0) is 14.3. The monoisotopic (exact) mass is 284 g/mol. The highest BCUT2D eigenvalue weighted by Crippen LogP contribution is 2.55. The van der Waals surface area contributed by atoms with Crippen molar-refractivity contribution in [1.29, 1.82) is 5.26 Å². The van der Waals surface area contributed by atoms with Gasteiger partial charge in [0, 0.05) is 11.9 Å². The lowest BCUT2D eigenvalue weighted by molar-refractivity contribution is -0.120. The van der Waals surface area contributed by atoms with Gasteiger partial charge in [0.2, 0.25) is 5.91 Å². The van der Waals surface area contributed by atoms with Gasteiger partial charge in [-0.25, -0.2) is 0 Å². The minimum atomic E-state index is -0.498. The molecule has 1 heterocycles. The summed E-state index contributed by atoms with van der Waals surface area (Å²) in [5.41, 5.74) is 0.962. The Morgan fingerprint density at radius 1 is 1.50 bits per heavy atom. The number of fused-ring (bicyclic) bond motifs is 1. The van der Waals surface area contributed by atoms with Gasteiger partial charge in [-0.05, 0) is 30.9 Å². The van der Waals surface area contributed by atoms with Crippen molar-refractivity contribution < 1.29 is 4.79 Å². The zero-order valence-corrected chi connectivity index (χ0v) is 12.2. The molecule has 20 heavy (non-hydrogen) atoms. The lowest BCUT2D eigenvalue weighted by Crippen LogP contribution is -2.46. The lowest BCUT2D eigenvalue weighted by Gasteiger charge is -2.38. The molecule has 1 saturated carbocycles. The fraction of sp³-hybridized carbons (Fsp3) is 0.375. The molecule has 0 aromatic heterocycles. The number of allylic oxidation sites excluding steroid dienone is 1. The van der Waals surface area contributed by atoms with E-state index in [0.29, 0.717) is 12.8 Å². The second-order valence-corrected chi connectivity index (χ2v) is 6.90. The molecule has 102 valence electrons. The summed E-state index contributed by atoms with van der Waals surface area (Å²) in [4.78, 5) is 15.7. The minimum absolute atomic E-state index is 0.107. The zero-order valence-electron chi connectivity index (χ0n) is 11.4.